The number of hydrogen-bond acceptors (Lipinski definition) is 3. The Morgan fingerprint density at radius 3 is 2.90 bits per heavy atom. The summed E-state index contributed by atoms with van der Waals surface area (Å²) >= 11 is 7.49. The van der Waals surface area contributed by atoms with Crippen LogP contribution in [0, 0.1) is 6.92 Å². The van der Waals surface area contributed by atoms with Crippen molar-refractivity contribution in [2.45, 2.75) is 32.6 Å². The van der Waals surface area contributed by atoms with E-state index < -0.39 is 0 Å². The number of halogens is 1. The van der Waals surface area contributed by atoms with Gasteiger partial charge in [0.1, 0.15) is 5.15 Å². The highest BCUT2D eigenvalue weighted by Crippen LogP contribution is 2.30. The van der Waals surface area contributed by atoms with Crippen LogP contribution in [0.25, 0.3) is 0 Å². The van der Waals surface area contributed by atoms with Crippen LogP contribution in [-0.2, 0) is 12.8 Å². The molecule has 2 heterocycles. The van der Waals surface area contributed by atoms with E-state index in [0.717, 1.165) is 23.3 Å². The first-order valence-corrected chi connectivity index (χ1v) is 7.88. The minimum Gasteiger partial charge on any atom is -0.320 e. The predicted octanol–water partition coefficient (Wildman–Crippen LogP) is 4.24. The van der Waals surface area contributed by atoms with Crippen molar-refractivity contribution in [3.05, 3.63) is 44.4 Å². The van der Waals surface area contributed by atoms with Crippen molar-refractivity contribution in [1.82, 2.24) is 4.98 Å². The summed E-state index contributed by atoms with van der Waals surface area (Å²) in [6.07, 6.45) is 6.25. The zero-order chi connectivity index (χ0) is 14.1. The van der Waals surface area contributed by atoms with Crippen molar-refractivity contribution >= 4 is 34.5 Å². The number of carbonyl (C=O) groups is 1. The summed E-state index contributed by atoms with van der Waals surface area (Å²) in [5.41, 5.74) is 2.88. The molecule has 1 amide bonds. The largest absolute Gasteiger partial charge is 0.320 e. The van der Waals surface area contributed by atoms with Crippen LogP contribution < -0.4 is 5.32 Å². The molecular formula is C15H15ClN2OS. The number of thiophene rings is 1. The Kier molecular flexibility index (Phi) is 3.76. The fourth-order valence-corrected chi connectivity index (χ4v) is 3.67. The number of rotatable bonds is 2. The van der Waals surface area contributed by atoms with Crippen LogP contribution in [0.15, 0.2) is 18.3 Å². The first kappa shape index (κ1) is 13.6. The first-order chi connectivity index (χ1) is 9.63. The molecule has 0 atom stereocenters. The second kappa shape index (κ2) is 5.54. The summed E-state index contributed by atoms with van der Waals surface area (Å²) in [5, 5.41) is 3.35. The van der Waals surface area contributed by atoms with E-state index in [1.807, 2.05) is 19.1 Å². The van der Waals surface area contributed by atoms with Gasteiger partial charge < -0.3 is 5.32 Å². The molecule has 0 saturated carbocycles. The van der Waals surface area contributed by atoms with Crippen LogP contribution in [-0.4, -0.2) is 10.9 Å². The summed E-state index contributed by atoms with van der Waals surface area (Å²) in [4.78, 5) is 18.5. The van der Waals surface area contributed by atoms with Crippen molar-refractivity contribution in [1.29, 1.82) is 0 Å². The van der Waals surface area contributed by atoms with Crippen LogP contribution in [0.5, 0.6) is 0 Å². The molecule has 1 aliphatic carbocycles. The Balaban J connectivity index is 1.78. The van der Waals surface area contributed by atoms with Crippen LogP contribution in [0.4, 0.5) is 5.69 Å². The van der Waals surface area contributed by atoms with Gasteiger partial charge in [0, 0.05) is 4.88 Å². The number of pyridine rings is 1. The minimum absolute atomic E-state index is 0.0621. The maximum atomic E-state index is 12.3. The summed E-state index contributed by atoms with van der Waals surface area (Å²) in [7, 11) is 0. The van der Waals surface area contributed by atoms with E-state index in [9.17, 15) is 4.79 Å². The lowest BCUT2D eigenvalue weighted by Crippen LogP contribution is -2.10. The molecule has 0 fully saturated rings. The van der Waals surface area contributed by atoms with Gasteiger partial charge in [-0.15, -0.1) is 11.3 Å². The van der Waals surface area contributed by atoms with Crippen LogP contribution >= 0.6 is 22.9 Å². The lowest BCUT2D eigenvalue weighted by Gasteiger charge is -2.08. The standard InChI is InChI=1S/C15H15ClN2OS/c1-9-6-11(8-17-14(9)16)18-15(19)13-7-10-4-2-3-5-12(10)20-13/h6-8H,2-5H2,1H3,(H,18,19). The summed E-state index contributed by atoms with van der Waals surface area (Å²) in [6, 6.07) is 3.87. The van der Waals surface area contributed by atoms with Crippen molar-refractivity contribution in [3.8, 4) is 0 Å². The molecule has 20 heavy (non-hydrogen) atoms. The Labute approximate surface area is 127 Å². The Hall–Kier alpha value is -1.39. The first-order valence-electron chi connectivity index (χ1n) is 6.68. The fourth-order valence-electron chi connectivity index (χ4n) is 2.42. The predicted molar refractivity (Wildman–Crippen MR) is 82.9 cm³/mol. The number of aryl methyl sites for hydroxylation is 3. The van der Waals surface area contributed by atoms with E-state index >= 15 is 0 Å². The van der Waals surface area contributed by atoms with Gasteiger partial charge in [-0.25, -0.2) is 4.98 Å². The third-order valence-electron chi connectivity index (χ3n) is 3.49. The molecule has 0 aliphatic heterocycles. The van der Waals surface area contributed by atoms with Crippen molar-refractivity contribution in [2.75, 3.05) is 5.32 Å². The van der Waals surface area contributed by atoms with Crippen LogP contribution in [0.2, 0.25) is 5.15 Å². The average molecular weight is 307 g/mol. The molecule has 0 bridgehead atoms. The highest BCUT2D eigenvalue weighted by molar-refractivity contribution is 7.14. The lowest BCUT2D eigenvalue weighted by molar-refractivity contribution is 0.103. The second-order valence-corrected chi connectivity index (χ2v) is 6.55. The maximum absolute atomic E-state index is 12.3. The molecule has 0 spiro atoms. The number of hydrogen-bond donors (Lipinski definition) is 1. The molecule has 0 radical (unpaired) electrons. The van der Waals surface area contributed by atoms with E-state index in [-0.39, 0.29) is 5.91 Å². The smallest absolute Gasteiger partial charge is 0.265 e. The number of amides is 1. The molecule has 5 heteroatoms. The monoisotopic (exact) mass is 306 g/mol. The van der Waals surface area contributed by atoms with Gasteiger partial charge in [-0.1, -0.05) is 11.6 Å². The molecule has 3 nitrogen and oxygen atoms in total. The normalized spacial score (nSPS) is 13.9. The average Bonchev–Trinajstić information content (AvgIpc) is 2.87. The van der Waals surface area contributed by atoms with E-state index in [4.69, 9.17) is 11.6 Å². The Morgan fingerprint density at radius 1 is 1.35 bits per heavy atom. The number of carbonyl (C=O) groups excluding carboxylic acids is 1. The number of nitrogens with zero attached hydrogens (tertiary/aromatic N) is 1. The van der Waals surface area contributed by atoms with E-state index in [2.05, 4.69) is 10.3 Å². The number of aromatic nitrogens is 1. The maximum Gasteiger partial charge on any atom is 0.265 e. The van der Waals surface area contributed by atoms with E-state index in [1.54, 1.807) is 17.5 Å². The molecule has 2 aromatic heterocycles. The lowest BCUT2D eigenvalue weighted by atomic mass is 9.99. The van der Waals surface area contributed by atoms with Gasteiger partial charge in [-0.3, -0.25) is 4.79 Å². The van der Waals surface area contributed by atoms with Crippen molar-refractivity contribution in [3.63, 3.8) is 0 Å². The quantitative estimate of drug-likeness (QED) is 0.843. The summed E-state index contributed by atoms with van der Waals surface area (Å²) < 4.78 is 0. The van der Waals surface area contributed by atoms with Crippen molar-refractivity contribution < 1.29 is 4.79 Å². The molecule has 1 N–H and O–H groups in total. The highest BCUT2D eigenvalue weighted by Gasteiger charge is 2.17. The molecule has 104 valence electrons. The molecule has 0 saturated heterocycles. The third-order valence-corrected chi connectivity index (χ3v) is 5.12. The van der Waals surface area contributed by atoms with Crippen molar-refractivity contribution in [2.24, 2.45) is 0 Å². The van der Waals surface area contributed by atoms with Gasteiger partial charge in [0.2, 0.25) is 0 Å². The van der Waals surface area contributed by atoms with Gasteiger partial charge >= 0.3 is 0 Å². The minimum atomic E-state index is -0.0621. The summed E-state index contributed by atoms with van der Waals surface area (Å²) in [5.74, 6) is -0.0621. The molecule has 3 rings (SSSR count). The Bertz CT molecular complexity index is 642. The zero-order valence-electron chi connectivity index (χ0n) is 11.2. The SMILES string of the molecule is Cc1cc(NC(=O)c2cc3c(s2)CCCC3)cnc1Cl. The van der Waals surface area contributed by atoms with E-state index in [0.29, 0.717) is 10.8 Å². The van der Waals surface area contributed by atoms with Gasteiger partial charge in [0.05, 0.1) is 16.8 Å². The number of nitrogens with one attached hydrogen (secondary N) is 1. The molecule has 1 aliphatic rings. The summed E-state index contributed by atoms with van der Waals surface area (Å²) in [6.45, 7) is 1.87. The van der Waals surface area contributed by atoms with Gasteiger partial charge in [0.15, 0.2) is 0 Å². The number of fused-ring (bicyclic) bond motifs is 1. The van der Waals surface area contributed by atoms with Crippen LogP contribution in [0.1, 0.15) is 38.5 Å². The van der Waals surface area contributed by atoms with Gasteiger partial charge in [-0.2, -0.15) is 0 Å². The third kappa shape index (κ3) is 2.72. The highest BCUT2D eigenvalue weighted by atomic mass is 35.5. The second-order valence-electron chi connectivity index (χ2n) is 5.05. The molecule has 0 aromatic carbocycles. The van der Waals surface area contributed by atoms with E-state index in [1.165, 1.54) is 23.3 Å². The Morgan fingerprint density at radius 2 is 2.15 bits per heavy atom. The molecular weight excluding hydrogens is 292 g/mol. The van der Waals surface area contributed by atoms with Gasteiger partial charge in [0.25, 0.3) is 5.91 Å². The zero-order valence-corrected chi connectivity index (χ0v) is 12.8. The van der Waals surface area contributed by atoms with Gasteiger partial charge in [-0.05, 0) is 55.9 Å². The molecule has 2 aromatic rings. The van der Waals surface area contributed by atoms with Crippen LogP contribution in [0.3, 0.4) is 0 Å². The molecule has 0 unspecified atom stereocenters. The number of anilines is 1. The fraction of sp³-hybridized carbons (Fsp3) is 0.333. The topological polar surface area (TPSA) is 42.0 Å².